The lowest BCUT2D eigenvalue weighted by molar-refractivity contribution is -0.111. The fraction of sp³-hybridized carbons (Fsp3) is 0.250. The molecule has 1 aliphatic heterocycles. The molecule has 1 aliphatic rings. The molecule has 10 heteroatoms. The number of hydrogen-bond donors (Lipinski definition) is 3. The molecular weight excluding hydrogens is 498 g/mol. The summed E-state index contributed by atoms with van der Waals surface area (Å²) in [6.07, 6.45) is 1.27. The monoisotopic (exact) mass is 529 g/mol. The number of aromatic nitrogens is 2. The van der Waals surface area contributed by atoms with E-state index in [1.165, 1.54) is 6.08 Å². The number of carbonyl (C=O) groups is 1. The van der Waals surface area contributed by atoms with Crippen LogP contribution in [-0.2, 0) is 4.79 Å². The number of methoxy groups -OCH3 is 1. The van der Waals surface area contributed by atoms with Crippen molar-refractivity contribution in [2.24, 2.45) is 0 Å². The van der Waals surface area contributed by atoms with Gasteiger partial charge in [0.05, 0.1) is 29.9 Å². The zero-order valence-corrected chi connectivity index (χ0v) is 22.6. The molecule has 1 amide bonds. The third-order valence-electron chi connectivity index (χ3n) is 6.63. The third kappa shape index (κ3) is 5.13. The molecule has 0 bridgehead atoms. The quantitative estimate of drug-likeness (QED) is 0.274. The number of rotatable bonds is 8. The maximum absolute atomic E-state index is 12.3. The number of para-hydroxylation sites is 1. The van der Waals surface area contributed by atoms with Crippen LogP contribution < -0.4 is 25.6 Å². The standard InChI is InChI=1S/C28H31N7O2S/c1-5-25(36)30-21-16-22(24(37-4)17-23(21)35-13-11-34(3)12-14-35)31-28-32-26(19-10-15-38-27(19)33-28)18-8-6-7-9-20(18)29-2/h5-10,15-17,29H,1,11-14H2,2-4H3,(H,30,36)(H,31,32,33). The van der Waals surface area contributed by atoms with Gasteiger partial charge in [0.25, 0.3) is 0 Å². The number of hydrogen-bond acceptors (Lipinski definition) is 9. The van der Waals surface area contributed by atoms with Gasteiger partial charge in [0.1, 0.15) is 10.6 Å². The number of ether oxygens (including phenoxy) is 1. The number of anilines is 5. The van der Waals surface area contributed by atoms with Crippen molar-refractivity contribution in [1.29, 1.82) is 0 Å². The Morgan fingerprint density at radius 1 is 1.08 bits per heavy atom. The first-order valence-corrected chi connectivity index (χ1v) is 13.3. The SMILES string of the molecule is C=CC(=O)Nc1cc(Nc2nc(-c3ccccc3NC)c3ccsc3n2)c(OC)cc1N1CCN(C)CC1. The van der Waals surface area contributed by atoms with Gasteiger partial charge in [0.15, 0.2) is 0 Å². The molecule has 0 radical (unpaired) electrons. The van der Waals surface area contributed by atoms with Gasteiger partial charge in [0.2, 0.25) is 11.9 Å². The van der Waals surface area contributed by atoms with Crippen LogP contribution in [0.1, 0.15) is 0 Å². The normalized spacial score (nSPS) is 13.8. The minimum absolute atomic E-state index is 0.279. The lowest BCUT2D eigenvalue weighted by Crippen LogP contribution is -2.44. The van der Waals surface area contributed by atoms with Crippen molar-refractivity contribution in [3.05, 3.63) is 60.5 Å². The van der Waals surface area contributed by atoms with Crippen molar-refractivity contribution >= 4 is 56.2 Å². The van der Waals surface area contributed by atoms with Gasteiger partial charge < -0.3 is 30.5 Å². The van der Waals surface area contributed by atoms with E-state index in [0.717, 1.165) is 59.0 Å². The highest BCUT2D eigenvalue weighted by Gasteiger charge is 2.22. The molecule has 9 nitrogen and oxygen atoms in total. The molecule has 0 spiro atoms. The number of nitrogens with one attached hydrogen (secondary N) is 3. The van der Waals surface area contributed by atoms with Crippen molar-refractivity contribution < 1.29 is 9.53 Å². The molecule has 2 aromatic heterocycles. The van der Waals surface area contributed by atoms with Crippen LogP contribution in [0.4, 0.5) is 28.7 Å². The molecule has 0 aliphatic carbocycles. The number of benzene rings is 2. The summed E-state index contributed by atoms with van der Waals surface area (Å²) in [5.41, 5.74) is 5.01. The van der Waals surface area contributed by atoms with Crippen LogP contribution in [0.5, 0.6) is 5.75 Å². The zero-order chi connectivity index (χ0) is 26.6. The Morgan fingerprint density at radius 3 is 2.61 bits per heavy atom. The van der Waals surface area contributed by atoms with Crippen molar-refractivity contribution in [2.45, 2.75) is 0 Å². The van der Waals surface area contributed by atoms with E-state index in [4.69, 9.17) is 14.7 Å². The topological polar surface area (TPSA) is 94.6 Å². The second-order valence-electron chi connectivity index (χ2n) is 9.01. The highest BCUT2D eigenvalue weighted by molar-refractivity contribution is 7.16. The van der Waals surface area contributed by atoms with E-state index in [1.54, 1.807) is 18.4 Å². The summed E-state index contributed by atoms with van der Waals surface area (Å²) in [5, 5.41) is 12.6. The van der Waals surface area contributed by atoms with Gasteiger partial charge in [-0.3, -0.25) is 4.79 Å². The van der Waals surface area contributed by atoms with Gasteiger partial charge in [0, 0.05) is 55.9 Å². The summed E-state index contributed by atoms with van der Waals surface area (Å²) in [4.78, 5) is 27.4. The van der Waals surface area contributed by atoms with E-state index in [2.05, 4.69) is 39.4 Å². The summed E-state index contributed by atoms with van der Waals surface area (Å²) in [7, 11) is 5.64. The van der Waals surface area contributed by atoms with Crippen molar-refractivity contribution in [1.82, 2.24) is 14.9 Å². The molecule has 0 atom stereocenters. The predicted molar refractivity (Wildman–Crippen MR) is 157 cm³/mol. The van der Waals surface area contributed by atoms with Crippen molar-refractivity contribution in [3.8, 4) is 17.0 Å². The maximum Gasteiger partial charge on any atom is 0.247 e. The van der Waals surface area contributed by atoms with Gasteiger partial charge in [-0.2, -0.15) is 0 Å². The largest absolute Gasteiger partial charge is 0.494 e. The Kier molecular flexibility index (Phi) is 7.43. The third-order valence-corrected chi connectivity index (χ3v) is 7.43. The number of piperazine rings is 1. The molecule has 2 aromatic carbocycles. The number of amides is 1. The van der Waals surface area contributed by atoms with E-state index in [1.807, 2.05) is 54.9 Å². The molecule has 196 valence electrons. The summed E-state index contributed by atoms with van der Waals surface area (Å²) >= 11 is 1.56. The molecule has 5 rings (SSSR count). The van der Waals surface area contributed by atoms with Crippen LogP contribution in [0.25, 0.3) is 21.5 Å². The molecule has 0 unspecified atom stereocenters. The first-order valence-electron chi connectivity index (χ1n) is 12.4. The van der Waals surface area contributed by atoms with Crippen molar-refractivity contribution in [3.63, 3.8) is 0 Å². The molecule has 3 heterocycles. The summed E-state index contributed by atoms with van der Waals surface area (Å²) in [6, 6.07) is 13.9. The molecule has 1 fully saturated rings. The maximum atomic E-state index is 12.3. The molecular formula is C28H31N7O2S. The van der Waals surface area contributed by atoms with Crippen LogP contribution >= 0.6 is 11.3 Å². The smallest absolute Gasteiger partial charge is 0.247 e. The van der Waals surface area contributed by atoms with Gasteiger partial charge in [-0.1, -0.05) is 24.8 Å². The summed E-state index contributed by atoms with van der Waals surface area (Å²) in [5.74, 6) is 0.786. The lowest BCUT2D eigenvalue weighted by Gasteiger charge is -2.35. The number of thiophene rings is 1. The summed E-state index contributed by atoms with van der Waals surface area (Å²) in [6.45, 7) is 7.17. The van der Waals surface area contributed by atoms with E-state index in [9.17, 15) is 4.79 Å². The Bertz CT molecular complexity index is 1480. The molecule has 4 aromatic rings. The average molecular weight is 530 g/mol. The summed E-state index contributed by atoms with van der Waals surface area (Å²) < 4.78 is 5.78. The highest BCUT2D eigenvalue weighted by Crippen LogP contribution is 2.40. The first-order chi connectivity index (χ1) is 18.5. The minimum atomic E-state index is -0.279. The fourth-order valence-corrected chi connectivity index (χ4v) is 5.34. The highest BCUT2D eigenvalue weighted by atomic mass is 32.1. The van der Waals surface area contributed by atoms with Crippen LogP contribution in [0.3, 0.4) is 0 Å². The Hall–Kier alpha value is -4.15. The van der Waals surface area contributed by atoms with Gasteiger partial charge in [-0.25, -0.2) is 9.97 Å². The van der Waals surface area contributed by atoms with E-state index >= 15 is 0 Å². The number of likely N-dealkylation sites (N-methyl/N-ethyl adjacent to an activating group) is 1. The van der Waals surface area contributed by atoms with Crippen LogP contribution in [0, 0.1) is 0 Å². The van der Waals surface area contributed by atoms with E-state index in [-0.39, 0.29) is 5.91 Å². The molecule has 1 saturated heterocycles. The zero-order valence-electron chi connectivity index (χ0n) is 21.7. The lowest BCUT2D eigenvalue weighted by atomic mass is 10.1. The number of carbonyl (C=O) groups excluding carboxylic acids is 1. The Labute approximate surface area is 226 Å². The van der Waals surface area contributed by atoms with Crippen LogP contribution in [0.15, 0.2) is 60.5 Å². The van der Waals surface area contributed by atoms with E-state index < -0.39 is 0 Å². The fourth-order valence-electron chi connectivity index (χ4n) is 4.57. The predicted octanol–water partition coefficient (Wildman–Crippen LogP) is 5.03. The van der Waals surface area contributed by atoms with Gasteiger partial charge >= 0.3 is 0 Å². The second-order valence-corrected chi connectivity index (χ2v) is 9.90. The van der Waals surface area contributed by atoms with Crippen molar-refractivity contribution in [2.75, 3.05) is 68.2 Å². The van der Waals surface area contributed by atoms with Gasteiger partial charge in [-0.05, 0) is 36.7 Å². The van der Waals surface area contributed by atoms with Crippen LogP contribution in [-0.4, -0.2) is 68.2 Å². The minimum Gasteiger partial charge on any atom is -0.494 e. The number of nitrogens with zero attached hydrogens (tertiary/aromatic N) is 4. The second kappa shape index (κ2) is 11.1. The Balaban J connectivity index is 1.58. The first kappa shape index (κ1) is 25.5. The average Bonchev–Trinajstić information content (AvgIpc) is 3.42. The Morgan fingerprint density at radius 2 is 1.87 bits per heavy atom. The number of fused-ring (bicyclic) bond motifs is 1. The van der Waals surface area contributed by atoms with Gasteiger partial charge in [-0.15, -0.1) is 11.3 Å². The molecule has 38 heavy (non-hydrogen) atoms. The van der Waals surface area contributed by atoms with Crippen LogP contribution in [0.2, 0.25) is 0 Å². The van der Waals surface area contributed by atoms with E-state index in [0.29, 0.717) is 23.1 Å². The molecule has 0 saturated carbocycles. The molecule has 3 N–H and O–H groups in total.